The van der Waals surface area contributed by atoms with Gasteiger partial charge in [-0.1, -0.05) is 0 Å². The van der Waals surface area contributed by atoms with Crippen LogP contribution in [-0.4, -0.2) is 16.3 Å². The highest BCUT2D eigenvalue weighted by Gasteiger charge is 1.99. The molecule has 74 valence electrons. The molecule has 0 spiro atoms. The molecule has 0 amide bonds. The molecule has 0 unspecified atom stereocenters. The lowest BCUT2D eigenvalue weighted by atomic mass is 10.2. The highest BCUT2D eigenvalue weighted by Crippen LogP contribution is 2.09. The second-order valence-corrected chi connectivity index (χ2v) is 3.55. The van der Waals surface area contributed by atoms with E-state index < -0.39 is 0 Å². The first-order valence-corrected chi connectivity index (χ1v) is 4.99. The molecule has 0 aromatic carbocycles. The van der Waals surface area contributed by atoms with Crippen molar-refractivity contribution in [1.29, 1.82) is 0 Å². The number of aryl methyl sites for hydroxylation is 2. The lowest BCUT2D eigenvalue weighted by molar-refractivity contribution is 0.281. The van der Waals surface area contributed by atoms with Crippen molar-refractivity contribution in [3.63, 3.8) is 0 Å². The molecule has 13 heavy (non-hydrogen) atoms. The van der Waals surface area contributed by atoms with Crippen LogP contribution in [0.15, 0.2) is 12.1 Å². The molecule has 0 saturated heterocycles. The first kappa shape index (κ1) is 10.3. The second kappa shape index (κ2) is 5.07. The molecule has 2 heteroatoms. The highest BCUT2D eigenvalue weighted by atomic mass is 16.2. The maximum atomic E-state index is 8.63. The van der Waals surface area contributed by atoms with Crippen molar-refractivity contribution in [2.45, 2.75) is 39.7 Å². The SMILES string of the molecule is Cc1ccc(C)n1CCCCCO. The van der Waals surface area contributed by atoms with Gasteiger partial charge in [0.25, 0.3) is 0 Å². The zero-order chi connectivity index (χ0) is 9.68. The zero-order valence-electron chi connectivity index (χ0n) is 8.58. The molecule has 1 rings (SSSR count). The largest absolute Gasteiger partial charge is 0.396 e. The van der Waals surface area contributed by atoms with E-state index in [1.165, 1.54) is 11.4 Å². The van der Waals surface area contributed by atoms with Crippen LogP contribution in [-0.2, 0) is 6.54 Å². The minimum atomic E-state index is 0.323. The molecule has 2 nitrogen and oxygen atoms in total. The molecule has 0 radical (unpaired) electrons. The number of hydrogen-bond donors (Lipinski definition) is 1. The number of aliphatic hydroxyl groups is 1. The van der Waals surface area contributed by atoms with Gasteiger partial charge in [0.15, 0.2) is 0 Å². The molecule has 1 N–H and O–H groups in total. The Balaban J connectivity index is 2.36. The Morgan fingerprint density at radius 2 is 1.69 bits per heavy atom. The summed E-state index contributed by atoms with van der Waals surface area (Å²) in [7, 11) is 0. The van der Waals surface area contributed by atoms with Gasteiger partial charge in [-0.25, -0.2) is 0 Å². The molecular formula is C11H19NO. The van der Waals surface area contributed by atoms with Gasteiger partial charge >= 0.3 is 0 Å². The smallest absolute Gasteiger partial charge is 0.0431 e. The van der Waals surface area contributed by atoms with Crippen molar-refractivity contribution in [3.05, 3.63) is 23.5 Å². The number of aromatic nitrogens is 1. The van der Waals surface area contributed by atoms with Crippen LogP contribution in [0.5, 0.6) is 0 Å². The fraction of sp³-hybridized carbons (Fsp3) is 0.636. The van der Waals surface area contributed by atoms with Crippen molar-refractivity contribution < 1.29 is 5.11 Å². The van der Waals surface area contributed by atoms with Crippen molar-refractivity contribution in [2.75, 3.05) is 6.61 Å². The van der Waals surface area contributed by atoms with E-state index in [2.05, 4.69) is 30.5 Å². The van der Waals surface area contributed by atoms with E-state index in [1.807, 2.05) is 0 Å². The Bertz CT molecular complexity index is 233. The third-order valence-electron chi connectivity index (χ3n) is 2.46. The zero-order valence-corrected chi connectivity index (χ0v) is 8.58. The number of hydrogen-bond acceptors (Lipinski definition) is 1. The lowest BCUT2D eigenvalue weighted by Gasteiger charge is -2.08. The van der Waals surface area contributed by atoms with Gasteiger partial charge < -0.3 is 9.67 Å². The van der Waals surface area contributed by atoms with E-state index in [9.17, 15) is 0 Å². The van der Waals surface area contributed by atoms with Crippen LogP contribution in [0.1, 0.15) is 30.7 Å². The predicted molar refractivity (Wildman–Crippen MR) is 54.8 cm³/mol. The summed E-state index contributed by atoms with van der Waals surface area (Å²) < 4.78 is 2.33. The molecule has 1 heterocycles. The fourth-order valence-corrected chi connectivity index (χ4v) is 1.61. The van der Waals surface area contributed by atoms with Crippen LogP contribution < -0.4 is 0 Å². The molecule has 0 atom stereocenters. The lowest BCUT2D eigenvalue weighted by Crippen LogP contribution is -2.02. The Morgan fingerprint density at radius 1 is 1.08 bits per heavy atom. The summed E-state index contributed by atoms with van der Waals surface area (Å²) in [6.45, 7) is 5.69. The van der Waals surface area contributed by atoms with Crippen LogP contribution in [0, 0.1) is 13.8 Å². The fourth-order valence-electron chi connectivity index (χ4n) is 1.61. The molecule has 1 aromatic rings. The topological polar surface area (TPSA) is 25.2 Å². The summed E-state index contributed by atoms with van der Waals surface area (Å²) in [6, 6.07) is 4.31. The number of nitrogens with zero attached hydrogens (tertiary/aromatic N) is 1. The molecule has 1 aromatic heterocycles. The molecule has 0 aliphatic carbocycles. The van der Waals surface area contributed by atoms with Crippen LogP contribution in [0.3, 0.4) is 0 Å². The maximum Gasteiger partial charge on any atom is 0.0431 e. The molecule has 0 saturated carbocycles. The molecule has 0 fully saturated rings. The minimum absolute atomic E-state index is 0.323. The van der Waals surface area contributed by atoms with Crippen molar-refractivity contribution in [2.24, 2.45) is 0 Å². The third-order valence-corrected chi connectivity index (χ3v) is 2.46. The standard InChI is InChI=1S/C11H19NO/c1-10-6-7-11(2)12(10)8-4-3-5-9-13/h6-7,13H,3-5,8-9H2,1-2H3. The summed E-state index contributed by atoms with van der Waals surface area (Å²) in [5.74, 6) is 0. The molecular weight excluding hydrogens is 162 g/mol. The van der Waals surface area contributed by atoms with Crippen molar-refractivity contribution in [1.82, 2.24) is 4.57 Å². The number of unbranched alkanes of at least 4 members (excludes halogenated alkanes) is 2. The van der Waals surface area contributed by atoms with Gasteiger partial charge in [0.1, 0.15) is 0 Å². The van der Waals surface area contributed by atoms with Gasteiger partial charge in [-0.05, 0) is 45.2 Å². The van der Waals surface area contributed by atoms with Gasteiger partial charge in [0, 0.05) is 24.5 Å². The van der Waals surface area contributed by atoms with Crippen LogP contribution in [0.2, 0.25) is 0 Å². The van der Waals surface area contributed by atoms with Crippen LogP contribution >= 0.6 is 0 Å². The Morgan fingerprint density at radius 3 is 2.23 bits per heavy atom. The van der Waals surface area contributed by atoms with Gasteiger partial charge in [0.2, 0.25) is 0 Å². The quantitative estimate of drug-likeness (QED) is 0.693. The second-order valence-electron chi connectivity index (χ2n) is 3.55. The van der Waals surface area contributed by atoms with Gasteiger partial charge in [0.05, 0.1) is 0 Å². The van der Waals surface area contributed by atoms with E-state index in [1.54, 1.807) is 0 Å². The maximum absolute atomic E-state index is 8.63. The van der Waals surface area contributed by atoms with Gasteiger partial charge in [-0.2, -0.15) is 0 Å². The Labute approximate surface area is 80.2 Å². The first-order chi connectivity index (χ1) is 6.25. The number of rotatable bonds is 5. The Kier molecular flexibility index (Phi) is 4.03. The normalized spacial score (nSPS) is 10.7. The molecule has 0 aliphatic heterocycles. The van der Waals surface area contributed by atoms with Crippen LogP contribution in [0.25, 0.3) is 0 Å². The van der Waals surface area contributed by atoms with Crippen LogP contribution in [0.4, 0.5) is 0 Å². The van der Waals surface area contributed by atoms with Gasteiger partial charge in [-0.3, -0.25) is 0 Å². The van der Waals surface area contributed by atoms with E-state index in [4.69, 9.17) is 5.11 Å². The van der Waals surface area contributed by atoms with Gasteiger partial charge in [-0.15, -0.1) is 0 Å². The van der Waals surface area contributed by atoms with Crippen molar-refractivity contribution >= 4 is 0 Å². The molecule has 0 bridgehead atoms. The molecule has 0 aliphatic rings. The Hall–Kier alpha value is -0.760. The predicted octanol–water partition coefficient (Wildman–Crippen LogP) is 2.27. The van der Waals surface area contributed by atoms with E-state index in [0.717, 1.165) is 25.8 Å². The monoisotopic (exact) mass is 181 g/mol. The van der Waals surface area contributed by atoms with E-state index >= 15 is 0 Å². The average molecular weight is 181 g/mol. The third kappa shape index (κ3) is 2.88. The highest BCUT2D eigenvalue weighted by molar-refractivity contribution is 5.13. The van der Waals surface area contributed by atoms with Crippen molar-refractivity contribution in [3.8, 4) is 0 Å². The summed E-state index contributed by atoms with van der Waals surface area (Å²) in [5.41, 5.74) is 2.67. The summed E-state index contributed by atoms with van der Waals surface area (Å²) in [5, 5.41) is 8.63. The summed E-state index contributed by atoms with van der Waals surface area (Å²) in [4.78, 5) is 0. The number of aliphatic hydroxyl groups excluding tert-OH is 1. The average Bonchev–Trinajstić information content (AvgIpc) is 2.42. The minimum Gasteiger partial charge on any atom is -0.396 e. The summed E-state index contributed by atoms with van der Waals surface area (Å²) in [6.07, 6.45) is 3.21. The summed E-state index contributed by atoms with van der Waals surface area (Å²) >= 11 is 0. The first-order valence-electron chi connectivity index (χ1n) is 4.99. The van der Waals surface area contributed by atoms with E-state index in [0.29, 0.717) is 6.61 Å². The van der Waals surface area contributed by atoms with E-state index in [-0.39, 0.29) is 0 Å².